The number of carbonyl (C=O) groups excluding carboxylic acids is 1. The number of hydrogen-bond donors (Lipinski definition) is 0. The highest BCUT2D eigenvalue weighted by atomic mass is 16.5. The third-order valence-corrected chi connectivity index (χ3v) is 5.00. The molecule has 3 saturated heterocycles. The van der Waals surface area contributed by atoms with Crippen molar-refractivity contribution in [3.05, 3.63) is 0 Å². The third-order valence-electron chi connectivity index (χ3n) is 5.00. The fraction of sp³-hybridized carbons (Fsp3) is 0.933. The number of fused-ring (bicyclic) bond motifs is 1. The van der Waals surface area contributed by atoms with Crippen LogP contribution >= 0.6 is 0 Å². The number of amides is 2. The Bertz CT molecular complexity index is 355. The summed E-state index contributed by atoms with van der Waals surface area (Å²) in [5, 5.41) is 0. The van der Waals surface area contributed by atoms with E-state index in [0.29, 0.717) is 17.9 Å². The second kappa shape index (κ2) is 5.90. The largest absolute Gasteiger partial charge is 0.376 e. The molecule has 0 spiro atoms. The first-order valence-electron chi connectivity index (χ1n) is 7.95. The summed E-state index contributed by atoms with van der Waals surface area (Å²) in [5.74, 6) is 1.18. The minimum Gasteiger partial charge on any atom is -0.376 e. The molecular weight excluding hydrogens is 254 g/mol. The molecular formula is C15H27N3O2. The normalized spacial score (nSPS) is 33.9. The van der Waals surface area contributed by atoms with E-state index in [-0.39, 0.29) is 6.03 Å². The maximum Gasteiger partial charge on any atom is 0.320 e. The molecule has 3 aliphatic rings. The van der Waals surface area contributed by atoms with Gasteiger partial charge in [0, 0.05) is 38.6 Å². The Hall–Kier alpha value is -0.810. The van der Waals surface area contributed by atoms with Gasteiger partial charge in [-0.15, -0.1) is 0 Å². The van der Waals surface area contributed by atoms with E-state index in [9.17, 15) is 4.79 Å². The quantitative estimate of drug-likeness (QED) is 0.760. The molecule has 5 nitrogen and oxygen atoms in total. The van der Waals surface area contributed by atoms with E-state index in [1.165, 1.54) is 0 Å². The van der Waals surface area contributed by atoms with Crippen LogP contribution in [0.4, 0.5) is 4.79 Å². The van der Waals surface area contributed by atoms with Gasteiger partial charge in [-0.05, 0) is 39.3 Å². The molecule has 3 heterocycles. The van der Waals surface area contributed by atoms with Crippen LogP contribution in [-0.2, 0) is 4.74 Å². The van der Waals surface area contributed by atoms with Crippen molar-refractivity contribution in [1.82, 2.24) is 14.7 Å². The van der Waals surface area contributed by atoms with E-state index in [1.54, 1.807) is 0 Å². The highest BCUT2D eigenvalue weighted by Gasteiger charge is 2.42. The smallest absolute Gasteiger partial charge is 0.320 e. The van der Waals surface area contributed by atoms with Crippen molar-refractivity contribution in [1.29, 1.82) is 0 Å². The van der Waals surface area contributed by atoms with Gasteiger partial charge in [-0.3, -0.25) is 0 Å². The van der Waals surface area contributed by atoms with Gasteiger partial charge >= 0.3 is 6.03 Å². The summed E-state index contributed by atoms with van der Waals surface area (Å²) in [6.45, 7) is 5.54. The number of urea groups is 1. The van der Waals surface area contributed by atoms with E-state index in [4.69, 9.17) is 4.74 Å². The molecule has 0 aromatic heterocycles. The number of hydrogen-bond acceptors (Lipinski definition) is 3. The Morgan fingerprint density at radius 3 is 2.65 bits per heavy atom. The maximum atomic E-state index is 12.5. The zero-order valence-electron chi connectivity index (χ0n) is 12.8. The van der Waals surface area contributed by atoms with Gasteiger partial charge in [0.2, 0.25) is 0 Å². The molecule has 0 unspecified atom stereocenters. The molecule has 0 aromatic carbocycles. The lowest BCUT2D eigenvalue weighted by atomic mass is 9.84. The zero-order valence-corrected chi connectivity index (χ0v) is 12.8. The third kappa shape index (κ3) is 2.79. The molecule has 3 aliphatic heterocycles. The fourth-order valence-corrected chi connectivity index (χ4v) is 3.86. The number of rotatable bonds is 2. The Morgan fingerprint density at radius 2 is 1.95 bits per heavy atom. The van der Waals surface area contributed by atoms with Gasteiger partial charge in [-0.2, -0.15) is 0 Å². The molecule has 114 valence electrons. The van der Waals surface area contributed by atoms with E-state index >= 15 is 0 Å². The van der Waals surface area contributed by atoms with Crippen LogP contribution in [0, 0.1) is 11.8 Å². The minimum absolute atomic E-state index is 0.261. The molecule has 3 atom stereocenters. The van der Waals surface area contributed by atoms with E-state index in [1.807, 2.05) is 4.90 Å². The average Bonchev–Trinajstić information content (AvgIpc) is 3.07. The zero-order chi connectivity index (χ0) is 14.1. The first kappa shape index (κ1) is 14.1. The van der Waals surface area contributed by atoms with Crippen molar-refractivity contribution in [3.63, 3.8) is 0 Å². The molecule has 2 amide bonds. The number of likely N-dealkylation sites (tertiary alicyclic amines) is 2. The summed E-state index contributed by atoms with van der Waals surface area (Å²) in [6.07, 6.45) is 3.73. The molecule has 0 bridgehead atoms. The molecule has 0 aromatic rings. The van der Waals surface area contributed by atoms with Crippen molar-refractivity contribution < 1.29 is 9.53 Å². The lowest BCUT2D eigenvalue weighted by Crippen LogP contribution is -2.50. The predicted molar refractivity (Wildman–Crippen MR) is 77.7 cm³/mol. The summed E-state index contributed by atoms with van der Waals surface area (Å²) >= 11 is 0. The molecule has 0 saturated carbocycles. The van der Waals surface area contributed by atoms with Crippen LogP contribution in [0.1, 0.15) is 19.3 Å². The lowest BCUT2D eigenvalue weighted by molar-refractivity contribution is 0.0575. The van der Waals surface area contributed by atoms with Gasteiger partial charge in [-0.25, -0.2) is 4.79 Å². The van der Waals surface area contributed by atoms with Crippen LogP contribution in [0.2, 0.25) is 0 Å². The molecule has 3 rings (SSSR count). The molecule has 0 radical (unpaired) electrons. The van der Waals surface area contributed by atoms with Crippen LogP contribution in [0.15, 0.2) is 0 Å². The first-order chi connectivity index (χ1) is 9.65. The second-order valence-corrected chi connectivity index (χ2v) is 6.77. The summed E-state index contributed by atoms with van der Waals surface area (Å²) in [4.78, 5) is 18.8. The van der Waals surface area contributed by atoms with Crippen LogP contribution in [-0.4, -0.2) is 80.3 Å². The molecule has 0 N–H and O–H groups in total. The van der Waals surface area contributed by atoms with Gasteiger partial charge in [0.25, 0.3) is 0 Å². The Balaban J connectivity index is 1.61. The van der Waals surface area contributed by atoms with Gasteiger partial charge in [0.15, 0.2) is 0 Å². The number of piperidine rings is 1. The highest BCUT2D eigenvalue weighted by Crippen LogP contribution is 2.34. The summed E-state index contributed by atoms with van der Waals surface area (Å²) < 4.78 is 5.97. The van der Waals surface area contributed by atoms with Crippen molar-refractivity contribution >= 4 is 6.03 Å². The number of nitrogens with zero attached hydrogens (tertiary/aromatic N) is 3. The monoisotopic (exact) mass is 281 g/mol. The Labute approximate surface area is 121 Å². The van der Waals surface area contributed by atoms with Crippen LogP contribution in [0.25, 0.3) is 0 Å². The Kier molecular flexibility index (Phi) is 4.17. The molecule has 20 heavy (non-hydrogen) atoms. The van der Waals surface area contributed by atoms with Crippen LogP contribution < -0.4 is 0 Å². The average molecular weight is 281 g/mol. The number of likely N-dealkylation sites (N-methyl/N-ethyl adjacent to an activating group) is 1. The van der Waals surface area contributed by atoms with Crippen LogP contribution in [0.5, 0.6) is 0 Å². The lowest BCUT2D eigenvalue weighted by Gasteiger charge is -2.38. The SMILES string of the molecule is CN(C)C[C@@H]1OC[C@H]2CCN(C(=O)N3CCCC3)C[C@H]21. The molecule has 3 fully saturated rings. The van der Waals surface area contributed by atoms with Crippen molar-refractivity contribution in [2.24, 2.45) is 11.8 Å². The fourth-order valence-electron chi connectivity index (χ4n) is 3.86. The predicted octanol–water partition coefficient (Wildman–Crippen LogP) is 1.10. The van der Waals surface area contributed by atoms with Crippen LogP contribution in [0.3, 0.4) is 0 Å². The minimum atomic E-state index is 0.261. The van der Waals surface area contributed by atoms with Crippen molar-refractivity contribution in [2.45, 2.75) is 25.4 Å². The van der Waals surface area contributed by atoms with Gasteiger partial charge in [0.05, 0.1) is 12.7 Å². The maximum absolute atomic E-state index is 12.5. The van der Waals surface area contributed by atoms with E-state index in [0.717, 1.165) is 58.6 Å². The van der Waals surface area contributed by atoms with Crippen molar-refractivity contribution in [3.8, 4) is 0 Å². The van der Waals surface area contributed by atoms with Gasteiger partial charge in [-0.1, -0.05) is 0 Å². The standard InChI is InChI=1S/C15H27N3O2/c1-16(2)10-14-13-9-18(8-5-12(13)11-20-14)15(19)17-6-3-4-7-17/h12-14H,3-11H2,1-2H3/t12-,13-,14+/m1/s1. The van der Waals surface area contributed by atoms with E-state index in [2.05, 4.69) is 23.9 Å². The molecule has 0 aliphatic carbocycles. The summed E-state index contributed by atoms with van der Waals surface area (Å²) in [7, 11) is 4.18. The number of ether oxygens (including phenoxy) is 1. The number of carbonyl (C=O) groups is 1. The summed E-state index contributed by atoms with van der Waals surface area (Å²) in [6, 6.07) is 0.261. The van der Waals surface area contributed by atoms with Crippen molar-refractivity contribution in [2.75, 3.05) is 53.4 Å². The highest BCUT2D eigenvalue weighted by molar-refractivity contribution is 5.74. The van der Waals surface area contributed by atoms with Gasteiger partial charge < -0.3 is 19.4 Å². The van der Waals surface area contributed by atoms with Gasteiger partial charge in [0.1, 0.15) is 0 Å². The Morgan fingerprint density at radius 1 is 1.20 bits per heavy atom. The first-order valence-corrected chi connectivity index (χ1v) is 7.95. The summed E-state index contributed by atoms with van der Waals surface area (Å²) in [5.41, 5.74) is 0. The van der Waals surface area contributed by atoms with E-state index < -0.39 is 0 Å². The second-order valence-electron chi connectivity index (χ2n) is 6.77. The molecule has 5 heteroatoms. The topological polar surface area (TPSA) is 36.0 Å².